The van der Waals surface area contributed by atoms with Crippen molar-refractivity contribution >= 4 is 10.0 Å². The first-order chi connectivity index (χ1) is 12.9. The molecule has 3 heterocycles. The van der Waals surface area contributed by atoms with E-state index >= 15 is 0 Å². The van der Waals surface area contributed by atoms with Gasteiger partial charge in [-0.2, -0.15) is 9.40 Å². The van der Waals surface area contributed by atoms with Crippen molar-refractivity contribution in [3.63, 3.8) is 0 Å². The molecule has 0 spiro atoms. The molecule has 2 aromatic heterocycles. The molecule has 1 aliphatic rings. The van der Waals surface area contributed by atoms with Crippen molar-refractivity contribution < 1.29 is 17.2 Å². The van der Waals surface area contributed by atoms with Crippen LogP contribution in [0.3, 0.4) is 0 Å². The topological polar surface area (TPSA) is 83.9 Å². The van der Waals surface area contributed by atoms with E-state index in [4.69, 9.17) is 0 Å². The zero-order valence-corrected chi connectivity index (χ0v) is 15.3. The lowest BCUT2D eigenvalue weighted by Crippen LogP contribution is -2.36. The maximum Gasteiger partial charge on any atom is 0.246 e. The first-order valence-electron chi connectivity index (χ1n) is 8.45. The fourth-order valence-electron chi connectivity index (χ4n) is 3.34. The van der Waals surface area contributed by atoms with E-state index < -0.39 is 26.6 Å². The molecular formula is C17H17F2N5O2S. The number of hydrogen-bond donors (Lipinski definition) is 1. The summed E-state index contributed by atoms with van der Waals surface area (Å²) in [5, 5.41) is 4.55. The molecule has 7 nitrogen and oxygen atoms in total. The Hall–Kier alpha value is -2.59. The van der Waals surface area contributed by atoms with Crippen LogP contribution in [0.25, 0.3) is 11.5 Å². The van der Waals surface area contributed by atoms with E-state index in [1.165, 1.54) is 4.31 Å². The molecule has 0 bridgehead atoms. The number of benzene rings is 1. The van der Waals surface area contributed by atoms with Crippen molar-refractivity contribution in [2.24, 2.45) is 0 Å². The Morgan fingerprint density at radius 2 is 2.11 bits per heavy atom. The number of H-pyrrole nitrogens is 1. The fourth-order valence-corrected chi connectivity index (χ4v) is 4.80. The summed E-state index contributed by atoms with van der Waals surface area (Å²) in [5.74, 6) is -1.38. The molecule has 0 atom stereocenters. The molecule has 1 N–H and O–H groups in total. The molecule has 0 saturated carbocycles. The van der Waals surface area contributed by atoms with E-state index in [9.17, 15) is 17.2 Å². The summed E-state index contributed by atoms with van der Waals surface area (Å²) in [6.45, 7) is 2.83. The molecule has 0 saturated heterocycles. The average molecular weight is 393 g/mol. The molecule has 27 heavy (non-hydrogen) atoms. The van der Waals surface area contributed by atoms with Crippen LogP contribution < -0.4 is 0 Å². The van der Waals surface area contributed by atoms with Gasteiger partial charge in [-0.15, -0.1) is 0 Å². The number of aryl methyl sites for hydroxylation is 1. The third kappa shape index (κ3) is 2.94. The lowest BCUT2D eigenvalue weighted by atomic mass is 10.1. The molecule has 3 aromatic rings. The van der Waals surface area contributed by atoms with E-state index in [1.807, 2.05) is 11.6 Å². The standard InChI is InChI=1S/C17H17F2N5O2S/c1-2-24-14-5-8-23(10-12(14)16(22-24)17-20-6-7-21-17)27(25,26)15-4-3-11(18)9-13(15)19/h3-4,6-7,9H,2,5,8,10H2,1H3,(H,20,21). The van der Waals surface area contributed by atoms with Gasteiger partial charge in [-0.3, -0.25) is 4.68 Å². The Bertz CT molecular complexity index is 1090. The minimum atomic E-state index is -4.11. The highest BCUT2D eigenvalue weighted by molar-refractivity contribution is 7.89. The van der Waals surface area contributed by atoms with Crippen molar-refractivity contribution in [2.75, 3.05) is 6.54 Å². The van der Waals surface area contributed by atoms with Crippen molar-refractivity contribution in [2.45, 2.75) is 31.3 Å². The van der Waals surface area contributed by atoms with Crippen LogP contribution in [0.5, 0.6) is 0 Å². The Morgan fingerprint density at radius 1 is 1.30 bits per heavy atom. The highest BCUT2D eigenvalue weighted by Crippen LogP contribution is 2.31. The quantitative estimate of drug-likeness (QED) is 0.737. The maximum atomic E-state index is 14.1. The highest BCUT2D eigenvalue weighted by Gasteiger charge is 2.34. The molecule has 0 amide bonds. The second-order valence-electron chi connectivity index (χ2n) is 6.19. The molecule has 0 unspecified atom stereocenters. The molecule has 0 aliphatic carbocycles. The summed E-state index contributed by atoms with van der Waals surface area (Å²) in [7, 11) is -4.11. The van der Waals surface area contributed by atoms with Crippen molar-refractivity contribution in [1.29, 1.82) is 0 Å². The Balaban J connectivity index is 1.75. The lowest BCUT2D eigenvalue weighted by Gasteiger charge is -2.27. The summed E-state index contributed by atoms with van der Waals surface area (Å²) in [6.07, 6.45) is 3.70. The Kier molecular flexibility index (Phi) is 4.31. The summed E-state index contributed by atoms with van der Waals surface area (Å²) < 4.78 is 56.1. The van der Waals surface area contributed by atoms with Gasteiger partial charge in [0.1, 0.15) is 22.2 Å². The summed E-state index contributed by atoms with van der Waals surface area (Å²) in [6, 6.07) is 2.47. The van der Waals surface area contributed by atoms with Gasteiger partial charge in [-0.05, 0) is 19.1 Å². The van der Waals surface area contributed by atoms with Crippen LogP contribution in [0, 0.1) is 11.6 Å². The van der Waals surface area contributed by atoms with Gasteiger partial charge >= 0.3 is 0 Å². The predicted molar refractivity (Wildman–Crippen MR) is 93.1 cm³/mol. The number of rotatable bonds is 4. The molecule has 0 radical (unpaired) electrons. The maximum absolute atomic E-state index is 14.1. The monoisotopic (exact) mass is 393 g/mol. The van der Waals surface area contributed by atoms with Gasteiger partial charge in [0.25, 0.3) is 0 Å². The summed E-state index contributed by atoms with van der Waals surface area (Å²) in [4.78, 5) is 6.66. The van der Waals surface area contributed by atoms with Gasteiger partial charge in [0.2, 0.25) is 10.0 Å². The second-order valence-corrected chi connectivity index (χ2v) is 8.10. The van der Waals surface area contributed by atoms with Crippen LogP contribution in [-0.2, 0) is 29.5 Å². The first-order valence-corrected chi connectivity index (χ1v) is 9.89. The normalized spacial score (nSPS) is 15.1. The number of imidazole rings is 1. The van der Waals surface area contributed by atoms with Crippen LogP contribution in [0.1, 0.15) is 18.2 Å². The third-order valence-corrected chi connectivity index (χ3v) is 6.51. The number of halogens is 2. The van der Waals surface area contributed by atoms with E-state index in [0.717, 1.165) is 23.4 Å². The van der Waals surface area contributed by atoms with E-state index in [2.05, 4.69) is 15.1 Å². The zero-order valence-electron chi connectivity index (χ0n) is 14.5. The van der Waals surface area contributed by atoms with Crippen molar-refractivity contribution in [3.05, 3.63) is 53.5 Å². The van der Waals surface area contributed by atoms with Gasteiger partial charge in [-0.1, -0.05) is 0 Å². The predicted octanol–water partition coefficient (Wildman–Crippen LogP) is 2.32. The molecule has 142 valence electrons. The van der Waals surface area contributed by atoms with E-state index in [1.54, 1.807) is 12.4 Å². The lowest BCUT2D eigenvalue weighted by molar-refractivity contribution is 0.381. The third-order valence-electron chi connectivity index (χ3n) is 4.63. The Morgan fingerprint density at radius 3 is 2.78 bits per heavy atom. The van der Waals surface area contributed by atoms with Gasteiger partial charge < -0.3 is 4.98 Å². The molecule has 4 rings (SSSR count). The molecule has 1 aromatic carbocycles. The number of aromatic nitrogens is 4. The van der Waals surface area contributed by atoms with Gasteiger partial charge in [0.15, 0.2) is 5.82 Å². The zero-order chi connectivity index (χ0) is 19.2. The number of sulfonamides is 1. The fraction of sp³-hybridized carbons (Fsp3) is 0.294. The minimum absolute atomic E-state index is 0.0461. The number of nitrogens with zero attached hydrogens (tertiary/aromatic N) is 4. The number of fused-ring (bicyclic) bond motifs is 1. The van der Waals surface area contributed by atoms with E-state index in [-0.39, 0.29) is 13.1 Å². The number of hydrogen-bond acceptors (Lipinski definition) is 4. The molecule has 10 heteroatoms. The average Bonchev–Trinajstić information content (AvgIpc) is 3.28. The molecular weight excluding hydrogens is 376 g/mol. The summed E-state index contributed by atoms with van der Waals surface area (Å²) in [5.41, 5.74) is 2.26. The van der Waals surface area contributed by atoms with Crippen LogP contribution >= 0.6 is 0 Å². The highest BCUT2D eigenvalue weighted by atomic mass is 32.2. The molecule has 1 aliphatic heterocycles. The van der Waals surface area contributed by atoms with Gasteiger partial charge in [-0.25, -0.2) is 22.2 Å². The van der Waals surface area contributed by atoms with Crippen LogP contribution in [0.4, 0.5) is 8.78 Å². The first kappa shape index (κ1) is 17.8. The van der Waals surface area contributed by atoms with Crippen molar-refractivity contribution in [3.8, 4) is 11.5 Å². The van der Waals surface area contributed by atoms with Gasteiger partial charge in [0, 0.05) is 55.8 Å². The second kappa shape index (κ2) is 6.54. The molecule has 0 fully saturated rings. The van der Waals surface area contributed by atoms with Crippen LogP contribution in [0.15, 0.2) is 35.5 Å². The largest absolute Gasteiger partial charge is 0.343 e. The van der Waals surface area contributed by atoms with Crippen LogP contribution in [0.2, 0.25) is 0 Å². The minimum Gasteiger partial charge on any atom is -0.343 e. The van der Waals surface area contributed by atoms with Gasteiger partial charge in [0.05, 0.1) is 0 Å². The number of aromatic amines is 1. The smallest absolute Gasteiger partial charge is 0.246 e. The number of nitrogens with one attached hydrogen (secondary N) is 1. The summed E-state index contributed by atoms with van der Waals surface area (Å²) >= 11 is 0. The Labute approximate surface area is 154 Å². The van der Waals surface area contributed by atoms with Crippen LogP contribution in [-0.4, -0.2) is 39.0 Å². The SMILES string of the molecule is CCn1nc(-c2ncc[nH]2)c2c1CCN(S(=O)(=O)c1ccc(F)cc1F)C2. The van der Waals surface area contributed by atoms with Crippen molar-refractivity contribution in [1.82, 2.24) is 24.1 Å². The van der Waals surface area contributed by atoms with E-state index in [0.29, 0.717) is 30.6 Å².